The van der Waals surface area contributed by atoms with Gasteiger partial charge in [0.2, 0.25) is 0 Å². The summed E-state index contributed by atoms with van der Waals surface area (Å²) in [6.45, 7) is 0. The molecule has 80 valence electrons. The summed E-state index contributed by atoms with van der Waals surface area (Å²) < 4.78 is 0. The Morgan fingerprint density at radius 3 is 2.44 bits per heavy atom. The SMILES string of the molecule is C(=C\c1ccccc1)/CCc1ccncc1. The highest BCUT2D eigenvalue weighted by Gasteiger charge is 1.88. The number of nitrogens with zero attached hydrogens (tertiary/aromatic N) is 1. The predicted molar refractivity (Wildman–Crippen MR) is 68.0 cm³/mol. The van der Waals surface area contributed by atoms with Crippen molar-refractivity contribution in [1.29, 1.82) is 0 Å². The molecule has 0 radical (unpaired) electrons. The van der Waals surface area contributed by atoms with Gasteiger partial charge >= 0.3 is 0 Å². The number of pyridine rings is 1. The molecule has 1 aromatic heterocycles. The molecule has 0 saturated heterocycles. The number of hydrogen-bond acceptors (Lipinski definition) is 1. The van der Waals surface area contributed by atoms with E-state index in [0.717, 1.165) is 12.8 Å². The highest BCUT2D eigenvalue weighted by molar-refractivity contribution is 5.48. The van der Waals surface area contributed by atoms with E-state index in [1.165, 1.54) is 11.1 Å². The van der Waals surface area contributed by atoms with Crippen LogP contribution in [0.25, 0.3) is 6.08 Å². The molecule has 1 heterocycles. The molecule has 0 saturated carbocycles. The Bertz CT molecular complexity index is 432. The molecule has 2 rings (SSSR count). The molecule has 2 aromatic rings. The molecule has 1 nitrogen and oxygen atoms in total. The summed E-state index contributed by atoms with van der Waals surface area (Å²) in [6, 6.07) is 14.5. The molecule has 0 N–H and O–H groups in total. The van der Waals surface area contributed by atoms with E-state index in [1.807, 2.05) is 18.5 Å². The Hall–Kier alpha value is -1.89. The first-order valence-corrected chi connectivity index (χ1v) is 5.55. The second kappa shape index (κ2) is 5.86. The van der Waals surface area contributed by atoms with Crippen LogP contribution in [0.1, 0.15) is 17.5 Å². The Morgan fingerprint density at radius 2 is 1.69 bits per heavy atom. The van der Waals surface area contributed by atoms with Gasteiger partial charge in [0.15, 0.2) is 0 Å². The van der Waals surface area contributed by atoms with Crippen LogP contribution in [-0.4, -0.2) is 4.98 Å². The van der Waals surface area contributed by atoms with Gasteiger partial charge in [-0.3, -0.25) is 4.98 Å². The maximum atomic E-state index is 4.00. The van der Waals surface area contributed by atoms with Gasteiger partial charge in [0.1, 0.15) is 0 Å². The summed E-state index contributed by atoms with van der Waals surface area (Å²) in [5.41, 5.74) is 2.60. The molecule has 0 fully saturated rings. The van der Waals surface area contributed by atoms with E-state index in [-0.39, 0.29) is 0 Å². The summed E-state index contributed by atoms with van der Waals surface area (Å²) in [7, 11) is 0. The first-order chi connectivity index (χ1) is 7.95. The fraction of sp³-hybridized carbons (Fsp3) is 0.133. The van der Waals surface area contributed by atoms with Gasteiger partial charge in [-0.25, -0.2) is 0 Å². The van der Waals surface area contributed by atoms with Gasteiger partial charge in [0.05, 0.1) is 0 Å². The van der Waals surface area contributed by atoms with E-state index in [2.05, 4.69) is 53.5 Å². The van der Waals surface area contributed by atoms with E-state index >= 15 is 0 Å². The van der Waals surface area contributed by atoms with E-state index in [4.69, 9.17) is 0 Å². The van der Waals surface area contributed by atoms with E-state index < -0.39 is 0 Å². The Morgan fingerprint density at radius 1 is 0.938 bits per heavy atom. The molecule has 0 aliphatic rings. The summed E-state index contributed by atoms with van der Waals surface area (Å²) in [6.07, 6.45) is 10.2. The quantitative estimate of drug-likeness (QED) is 0.747. The van der Waals surface area contributed by atoms with Crippen LogP contribution in [0.15, 0.2) is 60.9 Å². The average Bonchev–Trinajstić information content (AvgIpc) is 2.37. The van der Waals surface area contributed by atoms with Crippen LogP contribution in [0.3, 0.4) is 0 Å². The van der Waals surface area contributed by atoms with Gasteiger partial charge in [-0.15, -0.1) is 0 Å². The van der Waals surface area contributed by atoms with Crippen molar-refractivity contribution in [2.75, 3.05) is 0 Å². The minimum atomic E-state index is 1.07. The normalized spacial score (nSPS) is 10.8. The van der Waals surface area contributed by atoms with Gasteiger partial charge in [0.25, 0.3) is 0 Å². The lowest BCUT2D eigenvalue weighted by Gasteiger charge is -1.96. The van der Waals surface area contributed by atoms with Crippen LogP contribution in [0.4, 0.5) is 0 Å². The lowest BCUT2D eigenvalue weighted by Crippen LogP contribution is -1.82. The number of hydrogen-bond donors (Lipinski definition) is 0. The van der Waals surface area contributed by atoms with Crippen molar-refractivity contribution in [2.45, 2.75) is 12.8 Å². The van der Waals surface area contributed by atoms with Crippen molar-refractivity contribution in [2.24, 2.45) is 0 Å². The highest BCUT2D eigenvalue weighted by atomic mass is 14.6. The largest absolute Gasteiger partial charge is 0.265 e. The molecule has 0 aliphatic heterocycles. The van der Waals surface area contributed by atoms with Gasteiger partial charge < -0.3 is 0 Å². The molecule has 0 bridgehead atoms. The van der Waals surface area contributed by atoms with Crippen LogP contribution < -0.4 is 0 Å². The van der Waals surface area contributed by atoms with Crippen LogP contribution in [-0.2, 0) is 6.42 Å². The average molecular weight is 209 g/mol. The Labute approximate surface area is 96.5 Å². The van der Waals surface area contributed by atoms with Crippen LogP contribution in [0, 0.1) is 0 Å². The zero-order valence-electron chi connectivity index (χ0n) is 9.21. The molecular formula is C15H15N. The molecule has 0 amide bonds. The molecule has 0 spiro atoms. The maximum absolute atomic E-state index is 4.00. The molecule has 0 atom stereocenters. The van der Waals surface area contributed by atoms with Crippen LogP contribution >= 0.6 is 0 Å². The van der Waals surface area contributed by atoms with Gasteiger partial charge in [-0.1, -0.05) is 42.5 Å². The summed E-state index contributed by atoms with van der Waals surface area (Å²) in [5.74, 6) is 0. The number of benzene rings is 1. The summed E-state index contributed by atoms with van der Waals surface area (Å²) in [5, 5.41) is 0. The molecule has 0 aliphatic carbocycles. The van der Waals surface area contributed by atoms with Crippen molar-refractivity contribution in [3.8, 4) is 0 Å². The zero-order valence-corrected chi connectivity index (χ0v) is 9.21. The van der Waals surface area contributed by atoms with Gasteiger partial charge in [-0.2, -0.15) is 0 Å². The third kappa shape index (κ3) is 3.35. The minimum absolute atomic E-state index is 1.07. The van der Waals surface area contributed by atoms with E-state index in [9.17, 15) is 0 Å². The summed E-state index contributed by atoms with van der Waals surface area (Å²) in [4.78, 5) is 4.00. The molecule has 1 heteroatoms. The number of rotatable bonds is 4. The topological polar surface area (TPSA) is 12.9 Å². The van der Waals surface area contributed by atoms with E-state index in [0.29, 0.717) is 0 Å². The first kappa shape index (κ1) is 10.6. The minimum Gasteiger partial charge on any atom is -0.265 e. The third-order valence-electron chi connectivity index (χ3n) is 2.46. The second-order valence-electron chi connectivity index (χ2n) is 3.71. The molecule has 0 unspecified atom stereocenters. The molecule has 1 aromatic carbocycles. The number of aryl methyl sites for hydroxylation is 1. The maximum Gasteiger partial charge on any atom is 0.0270 e. The first-order valence-electron chi connectivity index (χ1n) is 5.55. The predicted octanol–water partition coefficient (Wildman–Crippen LogP) is 3.73. The zero-order chi connectivity index (χ0) is 11.1. The van der Waals surface area contributed by atoms with Crippen LogP contribution in [0.2, 0.25) is 0 Å². The standard InChI is InChI=1S/C15H15N/c1-2-6-14(7-3-1)8-4-5-9-15-10-12-16-13-11-15/h1-4,6-8,10-13H,5,9H2/b8-4+. The van der Waals surface area contributed by atoms with Crippen molar-refractivity contribution >= 4 is 6.08 Å². The number of allylic oxidation sites excluding steroid dienone is 1. The lowest BCUT2D eigenvalue weighted by atomic mass is 10.1. The van der Waals surface area contributed by atoms with Crippen molar-refractivity contribution in [3.05, 3.63) is 72.1 Å². The highest BCUT2D eigenvalue weighted by Crippen LogP contribution is 2.05. The van der Waals surface area contributed by atoms with Crippen LogP contribution in [0.5, 0.6) is 0 Å². The fourth-order valence-electron chi connectivity index (χ4n) is 1.58. The molecule has 16 heavy (non-hydrogen) atoms. The fourth-order valence-corrected chi connectivity index (χ4v) is 1.58. The van der Waals surface area contributed by atoms with Crippen molar-refractivity contribution in [3.63, 3.8) is 0 Å². The van der Waals surface area contributed by atoms with Gasteiger partial charge in [-0.05, 0) is 36.1 Å². The smallest absolute Gasteiger partial charge is 0.0270 e. The van der Waals surface area contributed by atoms with Crippen molar-refractivity contribution < 1.29 is 0 Å². The second-order valence-corrected chi connectivity index (χ2v) is 3.71. The van der Waals surface area contributed by atoms with Gasteiger partial charge in [0, 0.05) is 12.4 Å². The Balaban J connectivity index is 1.83. The number of aromatic nitrogens is 1. The lowest BCUT2D eigenvalue weighted by molar-refractivity contribution is 0.998. The molecular weight excluding hydrogens is 194 g/mol. The van der Waals surface area contributed by atoms with Crippen molar-refractivity contribution in [1.82, 2.24) is 4.98 Å². The summed E-state index contributed by atoms with van der Waals surface area (Å²) >= 11 is 0. The third-order valence-corrected chi connectivity index (χ3v) is 2.46. The van der Waals surface area contributed by atoms with E-state index in [1.54, 1.807) is 0 Å². The Kier molecular flexibility index (Phi) is 3.89. The monoisotopic (exact) mass is 209 g/mol.